The molecule has 0 saturated heterocycles. The van der Waals surface area contributed by atoms with Crippen LogP contribution in [-0.4, -0.2) is 17.2 Å². The van der Waals surface area contributed by atoms with Gasteiger partial charge in [0.15, 0.2) is 6.17 Å². The molecule has 0 aliphatic rings. The van der Waals surface area contributed by atoms with Crippen molar-refractivity contribution in [2.75, 3.05) is 0 Å². The first-order chi connectivity index (χ1) is 6.13. The lowest BCUT2D eigenvalue weighted by Gasteiger charge is -2.09. The molecule has 13 heavy (non-hydrogen) atoms. The van der Waals surface area contributed by atoms with E-state index in [9.17, 15) is 13.6 Å². The molecular weight excluding hydrogens is 178 g/mol. The molecule has 1 unspecified atom stereocenters. The van der Waals surface area contributed by atoms with Crippen molar-refractivity contribution in [2.24, 2.45) is 0 Å². The lowest BCUT2D eigenvalue weighted by atomic mass is 10.1. The Kier molecular flexibility index (Phi) is 2.95. The van der Waals surface area contributed by atoms with E-state index in [0.29, 0.717) is 0 Å². The maximum atomic E-state index is 13.0. The van der Waals surface area contributed by atoms with Crippen molar-refractivity contribution < 1.29 is 18.7 Å². The Morgan fingerprint density at radius 3 is 2.23 bits per heavy atom. The predicted octanol–water partition coefficient (Wildman–Crippen LogP) is 2.12. The molecule has 2 atom stereocenters. The molecule has 1 rings (SSSR count). The largest absolute Gasteiger partial charge is 0.479 e. The first-order valence-corrected chi connectivity index (χ1v) is 3.69. The second-order valence-corrected chi connectivity index (χ2v) is 2.55. The zero-order valence-corrected chi connectivity index (χ0v) is 6.65. The molecule has 4 heteroatoms. The van der Waals surface area contributed by atoms with Gasteiger partial charge in [-0.15, -0.1) is 0 Å². The van der Waals surface area contributed by atoms with Gasteiger partial charge in [0.2, 0.25) is 6.17 Å². The van der Waals surface area contributed by atoms with Gasteiger partial charge < -0.3 is 5.11 Å². The highest BCUT2D eigenvalue weighted by molar-refractivity contribution is 5.73. The van der Waals surface area contributed by atoms with Gasteiger partial charge in [0, 0.05) is 0 Å². The Balaban J connectivity index is 2.79. The van der Waals surface area contributed by atoms with Gasteiger partial charge in [0.1, 0.15) is 0 Å². The molecule has 1 aromatic rings. The molecule has 0 bridgehead atoms. The summed E-state index contributed by atoms with van der Waals surface area (Å²) in [7, 11) is 0. The van der Waals surface area contributed by atoms with Crippen molar-refractivity contribution in [2.45, 2.75) is 12.3 Å². The van der Waals surface area contributed by atoms with E-state index < -0.39 is 18.3 Å². The van der Waals surface area contributed by atoms with Crippen molar-refractivity contribution in [1.29, 1.82) is 0 Å². The topological polar surface area (TPSA) is 37.3 Å². The predicted molar refractivity (Wildman–Crippen MR) is 42.8 cm³/mol. The van der Waals surface area contributed by atoms with Gasteiger partial charge in [-0.05, 0) is 5.56 Å². The number of halogens is 2. The standard InChI is InChI=1S/C9H8F2O2/c10-7(8(11)9(12)13)6-4-2-1-3-5-6/h1-5,7-8H,(H,12,13)/t7-,8?/m0/s1. The lowest BCUT2D eigenvalue weighted by Crippen LogP contribution is -2.20. The summed E-state index contributed by atoms with van der Waals surface area (Å²) in [5, 5.41) is 8.20. The SMILES string of the molecule is O=C(O)C(F)[C@@H](F)c1ccccc1. The van der Waals surface area contributed by atoms with E-state index >= 15 is 0 Å². The van der Waals surface area contributed by atoms with Gasteiger partial charge in [0.25, 0.3) is 0 Å². The molecule has 0 radical (unpaired) electrons. The minimum Gasteiger partial charge on any atom is -0.479 e. The third-order valence-electron chi connectivity index (χ3n) is 1.61. The van der Waals surface area contributed by atoms with Gasteiger partial charge in [-0.25, -0.2) is 13.6 Å². The summed E-state index contributed by atoms with van der Waals surface area (Å²) < 4.78 is 25.7. The summed E-state index contributed by atoms with van der Waals surface area (Å²) in [6.45, 7) is 0. The van der Waals surface area contributed by atoms with E-state index in [1.807, 2.05) is 0 Å². The number of benzene rings is 1. The molecule has 0 aromatic heterocycles. The number of carboxylic acid groups (broad SMARTS) is 1. The zero-order valence-electron chi connectivity index (χ0n) is 6.65. The molecule has 0 aliphatic heterocycles. The number of carboxylic acids is 1. The smallest absolute Gasteiger partial charge is 0.341 e. The van der Waals surface area contributed by atoms with Crippen molar-refractivity contribution in [1.82, 2.24) is 0 Å². The Morgan fingerprint density at radius 1 is 1.23 bits per heavy atom. The van der Waals surface area contributed by atoms with Crippen LogP contribution in [0.3, 0.4) is 0 Å². The second-order valence-electron chi connectivity index (χ2n) is 2.55. The van der Waals surface area contributed by atoms with Crippen molar-refractivity contribution in [3.63, 3.8) is 0 Å². The fourth-order valence-corrected chi connectivity index (χ4v) is 0.931. The van der Waals surface area contributed by atoms with E-state index in [-0.39, 0.29) is 5.56 Å². The molecule has 0 aliphatic carbocycles. The summed E-state index contributed by atoms with van der Waals surface area (Å²) in [5.74, 6) is -1.78. The quantitative estimate of drug-likeness (QED) is 0.784. The third kappa shape index (κ3) is 2.24. The molecule has 1 N–H and O–H groups in total. The number of hydrogen-bond donors (Lipinski definition) is 1. The van der Waals surface area contributed by atoms with Gasteiger partial charge >= 0.3 is 5.97 Å². The Hall–Kier alpha value is -1.45. The van der Waals surface area contributed by atoms with E-state index in [0.717, 1.165) is 0 Å². The molecular formula is C9H8F2O2. The molecule has 1 aromatic carbocycles. The van der Waals surface area contributed by atoms with Crippen LogP contribution < -0.4 is 0 Å². The van der Waals surface area contributed by atoms with Crippen LogP contribution in [0, 0.1) is 0 Å². The molecule has 2 nitrogen and oxygen atoms in total. The normalized spacial score (nSPS) is 14.9. The fourth-order valence-electron chi connectivity index (χ4n) is 0.931. The number of hydrogen-bond acceptors (Lipinski definition) is 1. The van der Waals surface area contributed by atoms with Crippen molar-refractivity contribution >= 4 is 5.97 Å². The number of alkyl halides is 2. The van der Waals surface area contributed by atoms with Crippen LogP contribution in [0.5, 0.6) is 0 Å². The van der Waals surface area contributed by atoms with E-state index in [4.69, 9.17) is 5.11 Å². The second kappa shape index (κ2) is 3.98. The van der Waals surface area contributed by atoms with Gasteiger partial charge in [-0.1, -0.05) is 30.3 Å². The average molecular weight is 186 g/mol. The van der Waals surface area contributed by atoms with Crippen LogP contribution in [0.25, 0.3) is 0 Å². The van der Waals surface area contributed by atoms with Crippen molar-refractivity contribution in [3.8, 4) is 0 Å². The zero-order chi connectivity index (χ0) is 9.84. The minimum absolute atomic E-state index is 0.0393. The van der Waals surface area contributed by atoms with Crippen LogP contribution >= 0.6 is 0 Å². The lowest BCUT2D eigenvalue weighted by molar-refractivity contribution is -0.145. The Labute approximate surface area is 73.8 Å². The number of rotatable bonds is 3. The van der Waals surface area contributed by atoms with Crippen LogP contribution in [0.1, 0.15) is 11.7 Å². The summed E-state index contributed by atoms with van der Waals surface area (Å²) in [4.78, 5) is 10.1. The molecule has 70 valence electrons. The first-order valence-electron chi connectivity index (χ1n) is 3.69. The van der Waals surface area contributed by atoms with E-state index in [1.54, 1.807) is 6.07 Å². The van der Waals surface area contributed by atoms with Gasteiger partial charge in [0.05, 0.1) is 0 Å². The van der Waals surface area contributed by atoms with Crippen LogP contribution in [0.2, 0.25) is 0 Å². The average Bonchev–Trinajstić information content (AvgIpc) is 2.17. The highest BCUT2D eigenvalue weighted by atomic mass is 19.2. The number of aliphatic carboxylic acids is 1. The summed E-state index contributed by atoms with van der Waals surface area (Å²) in [6, 6.07) is 7.39. The highest BCUT2D eigenvalue weighted by Gasteiger charge is 2.28. The van der Waals surface area contributed by atoms with Gasteiger partial charge in [-0.2, -0.15) is 0 Å². The highest BCUT2D eigenvalue weighted by Crippen LogP contribution is 2.23. The minimum atomic E-state index is -2.50. The monoisotopic (exact) mass is 186 g/mol. The summed E-state index contributed by atoms with van der Waals surface area (Å²) >= 11 is 0. The van der Waals surface area contributed by atoms with Gasteiger partial charge in [-0.3, -0.25) is 0 Å². The van der Waals surface area contributed by atoms with E-state index in [1.165, 1.54) is 24.3 Å². The molecule has 0 heterocycles. The Morgan fingerprint density at radius 2 is 1.77 bits per heavy atom. The van der Waals surface area contributed by atoms with Crippen LogP contribution in [-0.2, 0) is 4.79 Å². The van der Waals surface area contributed by atoms with E-state index in [2.05, 4.69) is 0 Å². The third-order valence-corrected chi connectivity index (χ3v) is 1.61. The Bertz CT molecular complexity index is 287. The molecule has 0 fully saturated rings. The molecule has 0 amide bonds. The molecule has 0 spiro atoms. The van der Waals surface area contributed by atoms with Crippen LogP contribution in [0.15, 0.2) is 30.3 Å². The van der Waals surface area contributed by atoms with Crippen LogP contribution in [0.4, 0.5) is 8.78 Å². The first kappa shape index (κ1) is 9.64. The summed E-state index contributed by atoms with van der Waals surface area (Å²) in [6.07, 6.45) is -4.60. The summed E-state index contributed by atoms with van der Waals surface area (Å²) in [5.41, 5.74) is 0.0393. The number of carbonyl (C=O) groups is 1. The maximum Gasteiger partial charge on any atom is 0.341 e. The maximum absolute atomic E-state index is 13.0. The van der Waals surface area contributed by atoms with Crippen molar-refractivity contribution in [3.05, 3.63) is 35.9 Å². The molecule has 0 saturated carbocycles. The fraction of sp³-hybridized carbons (Fsp3) is 0.222.